The smallest absolute Gasteiger partial charge is 0.279 e. The minimum atomic E-state index is -3.88. The predicted molar refractivity (Wildman–Crippen MR) is 86.0 cm³/mol. The Kier molecular flexibility index (Phi) is 4.52. The molecule has 1 aromatic carbocycles. The van der Waals surface area contributed by atoms with E-state index in [0.717, 1.165) is 9.64 Å². The molecule has 2 aromatic rings. The van der Waals surface area contributed by atoms with Crippen molar-refractivity contribution in [2.24, 2.45) is 0 Å². The Morgan fingerprint density at radius 1 is 1.30 bits per heavy atom. The Morgan fingerprint density at radius 3 is 2.40 bits per heavy atom. The molecule has 0 saturated carbocycles. The molecular formula is C10H6ClIN2O4S2. The van der Waals surface area contributed by atoms with E-state index in [4.69, 9.17) is 11.6 Å². The minimum absolute atomic E-state index is 0.169. The summed E-state index contributed by atoms with van der Waals surface area (Å²) < 4.78 is 27.1. The van der Waals surface area contributed by atoms with Gasteiger partial charge in [-0.15, -0.1) is 11.3 Å². The van der Waals surface area contributed by atoms with E-state index in [2.05, 4.69) is 27.3 Å². The molecule has 1 heterocycles. The average Bonchev–Trinajstić information content (AvgIpc) is 2.75. The van der Waals surface area contributed by atoms with Crippen LogP contribution in [0.1, 0.15) is 0 Å². The van der Waals surface area contributed by atoms with E-state index in [0.29, 0.717) is 17.0 Å². The van der Waals surface area contributed by atoms with E-state index in [9.17, 15) is 18.5 Å². The molecule has 0 fully saturated rings. The van der Waals surface area contributed by atoms with Gasteiger partial charge in [-0.1, -0.05) is 11.6 Å². The summed E-state index contributed by atoms with van der Waals surface area (Å²) >= 11 is 8.39. The molecule has 0 aliphatic heterocycles. The van der Waals surface area contributed by atoms with Crippen molar-refractivity contribution in [2.75, 3.05) is 4.72 Å². The Balaban J connectivity index is 2.33. The number of halogens is 2. The standard InChI is InChI=1S/C10H6ClIN2O4S2/c11-10-8(14(15)16)5-9(19-10)20(17,18)13-7-3-1-6(12)2-4-7/h1-5,13H. The van der Waals surface area contributed by atoms with Gasteiger partial charge in [0.15, 0.2) is 4.34 Å². The van der Waals surface area contributed by atoms with Crippen molar-refractivity contribution in [3.05, 3.63) is 48.4 Å². The van der Waals surface area contributed by atoms with Crippen LogP contribution in [-0.4, -0.2) is 13.3 Å². The summed E-state index contributed by atoms with van der Waals surface area (Å²) in [7, 11) is -3.88. The summed E-state index contributed by atoms with van der Waals surface area (Å²) in [5.41, 5.74) is -0.0442. The van der Waals surface area contributed by atoms with Gasteiger partial charge in [0.25, 0.3) is 15.7 Å². The molecule has 10 heteroatoms. The average molecular weight is 445 g/mol. The number of anilines is 1. The summed E-state index contributed by atoms with van der Waals surface area (Å²) in [4.78, 5) is 9.95. The number of nitrogens with zero attached hydrogens (tertiary/aromatic N) is 1. The van der Waals surface area contributed by atoms with Crippen molar-refractivity contribution >= 4 is 66.9 Å². The zero-order valence-electron chi connectivity index (χ0n) is 9.54. The molecule has 0 aliphatic carbocycles. The van der Waals surface area contributed by atoms with Gasteiger partial charge < -0.3 is 0 Å². The van der Waals surface area contributed by atoms with Gasteiger partial charge in [-0.3, -0.25) is 14.8 Å². The van der Waals surface area contributed by atoms with Crippen LogP contribution in [0, 0.1) is 13.7 Å². The van der Waals surface area contributed by atoms with Crippen LogP contribution in [0.3, 0.4) is 0 Å². The summed E-state index contributed by atoms with van der Waals surface area (Å²) in [6.07, 6.45) is 0. The van der Waals surface area contributed by atoms with Gasteiger partial charge >= 0.3 is 0 Å². The first-order chi connectivity index (χ1) is 9.29. The SMILES string of the molecule is O=[N+]([O-])c1cc(S(=O)(=O)Nc2ccc(I)cc2)sc1Cl. The van der Waals surface area contributed by atoms with Crippen LogP contribution < -0.4 is 4.72 Å². The number of hydrogen-bond acceptors (Lipinski definition) is 5. The molecule has 20 heavy (non-hydrogen) atoms. The summed E-state index contributed by atoms with van der Waals surface area (Å²) in [6.45, 7) is 0. The largest absolute Gasteiger partial charge is 0.300 e. The van der Waals surface area contributed by atoms with Gasteiger partial charge in [0.05, 0.1) is 4.92 Å². The third kappa shape index (κ3) is 3.40. The van der Waals surface area contributed by atoms with Crippen LogP contribution in [0.4, 0.5) is 11.4 Å². The van der Waals surface area contributed by atoms with Crippen LogP contribution in [-0.2, 0) is 10.0 Å². The molecule has 0 saturated heterocycles. The van der Waals surface area contributed by atoms with Gasteiger partial charge in [0.2, 0.25) is 0 Å². The first-order valence-electron chi connectivity index (χ1n) is 5.02. The van der Waals surface area contributed by atoms with Gasteiger partial charge in [0.1, 0.15) is 4.21 Å². The van der Waals surface area contributed by atoms with Gasteiger partial charge in [-0.2, -0.15) is 0 Å². The highest BCUT2D eigenvalue weighted by atomic mass is 127. The highest BCUT2D eigenvalue weighted by Gasteiger charge is 2.25. The fourth-order valence-electron chi connectivity index (χ4n) is 1.32. The maximum atomic E-state index is 12.1. The van der Waals surface area contributed by atoms with Crippen LogP contribution >= 0.6 is 45.5 Å². The van der Waals surface area contributed by atoms with E-state index >= 15 is 0 Å². The van der Waals surface area contributed by atoms with Crippen LogP contribution in [0.2, 0.25) is 4.34 Å². The molecule has 0 radical (unpaired) electrons. The zero-order chi connectivity index (χ0) is 14.9. The maximum absolute atomic E-state index is 12.1. The second kappa shape index (κ2) is 5.84. The second-order valence-corrected chi connectivity index (χ2v) is 8.40. The first kappa shape index (κ1) is 15.5. The van der Waals surface area contributed by atoms with Crippen molar-refractivity contribution < 1.29 is 13.3 Å². The lowest BCUT2D eigenvalue weighted by Gasteiger charge is -2.05. The highest BCUT2D eigenvalue weighted by molar-refractivity contribution is 14.1. The normalized spacial score (nSPS) is 11.3. The molecule has 0 atom stereocenters. The van der Waals surface area contributed by atoms with E-state index in [1.165, 1.54) is 0 Å². The van der Waals surface area contributed by atoms with E-state index in [-0.39, 0.29) is 8.55 Å². The molecule has 6 nitrogen and oxygen atoms in total. The van der Waals surface area contributed by atoms with Gasteiger partial charge in [-0.05, 0) is 46.9 Å². The number of hydrogen-bond donors (Lipinski definition) is 1. The summed E-state index contributed by atoms with van der Waals surface area (Å²) in [6, 6.07) is 7.62. The third-order valence-corrected chi connectivity index (χ3v) is 6.12. The Bertz CT molecular complexity index is 758. The lowest BCUT2D eigenvalue weighted by molar-refractivity contribution is -0.384. The Labute approximate surface area is 137 Å². The fourth-order valence-corrected chi connectivity index (χ4v) is 4.40. The molecule has 2 rings (SSSR count). The van der Waals surface area contributed by atoms with E-state index < -0.39 is 20.6 Å². The monoisotopic (exact) mass is 444 g/mol. The van der Waals surface area contributed by atoms with Crippen molar-refractivity contribution in [1.29, 1.82) is 0 Å². The molecule has 0 amide bonds. The number of thiophene rings is 1. The number of sulfonamides is 1. The number of nitrogens with one attached hydrogen (secondary N) is 1. The van der Waals surface area contributed by atoms with Crippen LogP contribution in [0.5, 0.6) is 0 Å². The topological polar surface area (TPSA) is 89.3 Å². The van der Waals surface area contributed by atoms with Crippen molar-refractivity contribution in [1.82, 2.24) is 0 Å². The Morgan fingerprint density at radius 2 is 1.90 bits per heavy atom. The minimum Gasteiger partial charge on any atom is -0.279 e. The molecule has 0 bridgehead atoms. The lowest BCUT2D eigenvalue weighted by Crippen LogP contribution is -2.11. The molecule has 0 unspecified atom stereocenters. The molecule has 0 spiro atoms. The third-order valence-electron chi connectivity index (χ3n) is 2.20. The predicted octanol–water partition coefficient (Wildman–Crippen LogP) is 3.72. The van der Waals surface area contributed by atoms with Crippen molar-refractivity contribution in [3.63, 3.8) is 0 Å². The molecule has 1 aromatic heterocycles. The quantitative estimate of drug-likeness (QED) is 0.442. The van der Waals surface area contributed by atoms with Crippen molar-refractivity contribution in [3.8, 4) is 0 Å². The molecule has 0 aliphatic rings. The zero-order valence-corrected chi connectivity index (χ0v) is 14.1. The van der Waals surface area contributed by atoms with Gasteiger partial charge in [0, 0.05) is 15.3 Å². The number of rotatable bonds is 4. The molecular weight excluding hydrogens is 439 g/mol. The lowest BCUT2D eigenvalue weighted by atomic mass is 10.3. The second-order valence-electron chi connectivity index (χ2n) is 3.59. The first-order valence-corrected chi connectivity index (χ1v) is 8.77. The van der Waals surface area contributed by atoms with Gasteiger partial charge in [-0.25, -0.2) is 8.42 Å². The van der Waals surface area contributed by atoms with Crippen LogP contribution in [0.25, 0.3) is 0 Å². The van der Waals surface area contributed by atoms with Crippen LogP contribution in [0.15, 0.2) is 34.5 Å². The summed E-state index contributed by atoms with van der Waals surface area (Å²) in [5.74, 6) is 0. The molecule has 1 N–H and O–H groups in total. The Hall–Kier alpha value is -0.910. The maximum Gasteiger partial charge on any atom is 0.300 e. The number of nitro groups is 1. The summed E-state index contributed by atoms with van der Waals surface area (Å²) in [5, 5.41) is 10.7. The highest BCUT2D eigenvalue weighted by Crippen LogP contribution is 2.36. The van der Waals surface area contributed by atoms with E-state index in [1.807, 2.05) is 0 Å². The number of benzene rings is 1. The fraction of sp³-hybridized carbons (Fsp3) is 0. The van der Waals surface area contributed by atoms with Crippen molar-refractivity contribution in [2.45, 2.75) is 4.21 Å². The van der Waals surface area contributed by atoms with E-state index in [1.54, 1.807) is 24.3 Å². The molecule has 106 valence electrons.